The highest BCUT2D eigenvalue weighted by Gasteiger charge is 2.25. The number of rotatable bonds is 5. The number of benzene rings is 2. The van der Waals surface area contributed by atoms with E-state index in [1.54, 1.807) is 31.2 Å². The molecule has 0 aromatic heterocycles. The molecule has 1 N–H and O–H groups in total. The largest absolute Gasteiger partial charge is 0.346 e. The Balaban J connectivity index is 2.33. The van der Waals surface area contributed by atoms with Crippen LogP contribution in [0.5, 0.6) is 0 Å². The topological polar surface area (TPSA) is 115 Å². The molecule has 2 aromatic rings. The molecule has 0 radical (unpaired) electrons. The molecule has 0 bridgehead atoms. The van der Waals surface area contributed by atoms with Gasteiger partial charge in [0.05, 0.1) is 21.5 Å². The lowest BCUT2D eigenvalue weighted by Gasteiger charge is -2.14. The number of nitro groups is 2. The summed E-state index contributed by atoms with van der Waals surface area (Å²) < 4.78 is 0. The van der Waals surface area contributed by atoms with E-state index in [-0.39, 0.29) is 11.1 Å². The average Bonchev–Trinajstić information content (AvgIpc) is 2.54. The molecule has 1 amide bonds. The minimum Gasteiger partial charge on any atom is -0.346 e. The van der Waals surface area contributed by atoms with Crippen LogP contribution in [-0.4, -0.2) is 15.8 Å². The molecule has 0 saturated carbocycles. The highest BCUT2D eigenvalue weighted by molar-refractivity contribution is 6.30. The first-order valence-corrected chi connectivity index (χ1v) is 7.58. The zero-order chi connectivity index (χ0) is 18.7. The molecule has 0 saturated heterocycles. The summed E-state index contributed by atoms with van der Waals surface area (Å²) in [6.07, 6.45) is 0. The van der Waals surface area contributed by atoms with Crippen molar-refractivity contribution in [2.75, 3.05) is 0 Å². The van der Waals surface area contributed by atoms with Gasteiger partial charge in [0.2, 0.25) is 0 Å². The first-order valence-electron chi connectivity index (χ1n) is 7.20. The number of carbonyl (C=O) groups excluding carboxylic acids is 1. The van der Waals surface area contributed by atoms with E-state index in [1.165, 1.54) is 6.92 Å². The van der Waals surface area contributed by atoms with Gasteiger partial charge in [-0.2, -0.15) is 0 Å². The van der Waals surface area contributed by atoms with Crippen LogP contribution in [0.3, 0.4) is 0 Å². The number of amides is 1. The Labute approximate surface area is 147 Å². The van der Waals surface area contributed by atoms with Crippen LogP contribution >= 0.6 is 11.6 Å². The van der Waals surface area contributed by atoms with Crippen LogP contribution in [0.4, 0.5) is 11.4 Å². The van der Waals surface area contributed by atoms with Crippen LogP contribution in [0, 0.1) is 27.2 Å². The van der Waals surface area contributed by atoms with Gasteiger partial charge in [-0.3, -0.25) is 25.0 Å². The summed E-state index contributed by atoms with van der Waals surface area (Å²) in [5.41, 5.74) is -0.423. The SMILES string of the molecule is Cc1c([N+](=O)[O-])cc(C(=O)N[C@H](C)c2ccc(Cl)cc2)cc1[N+](=O)[O-]. The van der Waals surface area contributed by atoms with E-state index in [0.29, 0.717) is 5.02 Å². The van der Waals surface area contributed by atoms with Gasteiger partial charge in [0.15, 0.2) is 0 Å². The highest BCUT2D eigenvalue weighted by atomic mass is 35.5. The minimum absolute atomic E-state index is 0.0997. The number of hydrogen-bond acceptors (Lipinski definition) is 5. The van der Waals surface area contributed by atoms with Crippen molar-refractivity contribution in [3.05, 3.63) is 78.3 Å². The Morgan fingerprint density at radius 3 is 2.00 bits per heavy atom. The zero-order valence-electron chi connectivity index (χ0n) is 13.4. The molecule has 0 aliphatic heterocycles. The van der Waals surface area contributed by atoms with Gasteiger partial charge in [-0.1, -0.05) is 23.7 Å². The van der Waals surface area contributed by atoms with E-state index >= 15 is 0 Å². The van der Waals surface area contributed by atoms with Crippen molar-refractivity contribution >= 4 is 28.9 Å². The third-order valence-electron chi connectivity index (χ3n) is 3.73. The average molecular weight is 364 g/mol. The molecular formula is C16H14ClN3O5. The highest BCUT2D eigenvalue weighted by Crippen LogP contribution is 2.29. The Bertz CT molecular complexity index is 816. The van der Waals surface area contributed by atoms with Crippen LogP contribution in [-0.2, 0) is 0 Å². The van der Waals surface area contributed by atoms with Crippen LogP contribution < -0.4 is 5.32 Å². The Kier molecular flexibility index (Phi) is 5.33. The van der Waals surface area contributed by atoms with Crippen LogP contribution in [0.1, 0.15) is 34.5 Å². The van der Waals surface area contributed by atoms with Gasteiger partial charge in [0.1, 0.15) is 5.56 Å². The molecule has 0 spiro atoms. The maximum atomic E-state index is 12.4. The summed E-state index contributed by atoms with van der Waals surface area (Å²) in [6, 6.07) is 8.45. The van der Waals surface area contributed by atoms with Crippen LogP contribution in [0.15, 0.2) is 36.4 Å². The lowest BCUT2D eigenvalue weighted by molar-refractivity contribution is -0.395. The summed E-state index contributed by atoms with van der Waals surface area (Å²) >= 11 is 5.81. The molecule has 2 rings (SSSR count). The fourth-order valence-electron chi connectivity index (χ4n) is 2.31. The first kappa shape index (κ1) is 18.3. The second-order valence-corrected chi connectivity index (χ2v) is 5.84. The predicted molar refractivity (Wildman–Crippen MR) is 91.8 cm³/mol. The maximum Gasteiger partial charge on any atom is 0.279 e. The third kappa shape index (κ3) is 4.10. The summed E-state index contributed by atoms with van der Waals surface area (Å²) in [7, 11) is 0. The number of nitro benzene ring substituents is 2. The van der Waals surface area contributed by atoms with Crippen molar-refractivity contribution in [3.63, 3.8) is 0 Å². The number of carbonyl (C=O) groups is 1. The minimum atomic E-state index is -0.748. The van der Waals surface area contributed by atoms with Gasteiger partial charge in [-0.15, -0.1) is 0 Å². The van der Waals surface area contributed by atoms with Gasteiger partial charge in [0, 0.05) is 17.2 Å². The van der Waals surface area contributed by atoms with Gasteiger partial charge in [-0.25, -0.2) is 0 Å². The smallest absolute Gasteiger partial charge is 0.279 e. The lowest BCUT2D eigenvalue weighted by Crippen LogP contribution is -2.26. The summed E-state index contributed by atoms with van der Waals surface area (Å²) in [5.74, 6) is -0.645. The van der Waals surface area contributed by atoms with E-state index in [1.807, 2.05) is 0 Å². The quantitative estimate of drug-likeness (QED) is 0.637. The second kappa shape index (κ2) is 7.27. The van der Waals surface area contributed by atoms with Crippen molar-refractivity contribution in [1.29, 1.82) is 0 Å². The number of hydrogen-bond donors (Lipinski definition) is 1. The summed E-state index contributed by atoms with van der Waals surface area (Å²) in [5, 5.41) is 25.4. The molecule has 25 heavy (non-hydrogen) atoms. The van der Waals surface area contributed by atoms with Crippen LogP contribution in [0.25, 0.3) is 0 Å². The van der Waals surface area contributed by atoms with E-state index in [4.69, 9.17) is 11.6 Å². The van der Waals surface area contributed by atoms with Gasteiger partial charge < -0.3 is 5.32 Å². The number of nitrogens with zero attached hydrogens (tertiary/aromatic N) is 2. The summed E-state index contributed by atoms with van der Waals surface area (Å²) in [4.78, 5) is 33.0. The number of nitrogens with one attached hydrogen (secondary N) is 1. The standard InChI is InChI=1S/C16H14ClN3O5/c1-9-14(19(22)23)7-12(8-15(9)20(24)25)16(21)18-10(2)11-3-5-13(17)6-4-11/h3-8,10H,1-2H3,(H,18,21)/t10-/m1/s1. The third-order valence-corrected chi connectivity index (χ3v) is 3.98. The van der Waals surface area contributed by atoms with E-state index in [0.717, 1.165) is 17.7 Å². The molecule has 1 atom stereocenters. The molecule has 130 valence electrons. The second-order valence-electron chi connectivity index (χ2n) is 5.40. The monoisotopic (exact) mass is 363 g/mol. The Morgan fingerprint density at radius 1 is 1.08 bits per heavy atom. The van der Waals surface area contributed by atoms with Gasteiger partial charge >= 0.3 is 0 Å². The molecule has 0 unspecified atom stereocenters. The molecule has 0 aliphatic rings. The molecule has 0 heterocycles. The maximum absolute atomic E-state index is 12.4. The van der Waals surface area contributed by atoms with Gasteiger partial charge in [-0.05, 0) is 31.5 Å². The van der Waals surface area contributed by atoms with Crippen molar-refractivity contribution in [2.45, 2.75) is 19.9 Å². The molecule has 0 fully saturated rings. The Hall–Kier alpha value is -3.00. The molecule has 9 heteroatoms. The summed E-state index contributed by atoms with van der Waals surface area (Å²) in [6.45, 7) is 2.99. The predicted octanol–water partition coefficient (Wildman–Crippen LogP) is 3.96. The van der Waals surface area contributed by atoms with E-state index in [9.17, 15) is 25.0 Å². The molecule has 2 aromatic carbocycles. The number of halogens is 1. The first-order chi connectivity index (χ1) is 11.7. The lowest BCUT2D eigenvalue weighted by atomic mass is 10.1. The zero-order valence-corrected chi connectivity index (χ0v) is 14.1. The van der Waals surface area contributed by atoms with Crippen molar-refractivity contribution in [1.82, 2.24) is 5.32 Å². The van der Waals surface area contributed by atoms with Crippen molar-refractivity contribution < 1.29 is 14.6 Å². The fourth-order valence-corrected chi connectivity index (χ4v) is 2.44. The van der Waals surface area contributed by atoms with E-state index < -0.39 is 33.2 Å². The van der Waals surface area contributed by atoms with Gasteiger partial charge in [0.25, 0.3) is 17.3 Å². The molecule has 8 nitrogen and oxygen atoms in total. The molecular weight excluding hydrogens is 350 g/mol. The van der Waals surface area contributed by atoms with Crippen molar-refractivity contribution in [2.24, 2.45) is 0 Å². The normalized spacial score (nSPS) is 11.6. The van der Waals surface area contributed by atoms with E-state index in [2.05, 4.69) is 5.32 Å². The van der Waals surface area contributed by atoms with Crippen molar-refractivity contribution in [3.8, 4) is 0 Å². The Morgan fingerprint density at radius 2 is 1.56 bits per heavy atom. The van der Waals surface area contributed by atoms with Crippen LogP contribution in [0.2, 0.25) is 5.02 Å². The fraction of sp³-hybridized carbons (Fsp3) is 0.188. The molecule has 0 aliphatic carbocycles.